The quantitative estimate of drug-likeness (QED) is 0.440. The molecule has 3 heterocycles. The standard InChI is InChI=1S/C24H19ClFN5O3S/c1-30-11-12-31(35(30,33)34)16-5-6-17(21(26)14-16)24(32)29-15-4-7-20(25)19(13-15)23-18-3-2-9-27-22(18)8-10-28-23/h2-10,13-14H,11-12H2,1H3,(H,29,32). The van der Waals surface area contributed by atoms with Gasteiger partial charge in [0.25, 0.3) is 5.91 Å². The Kier molecular flexibility index (Phi) is 5.87. The van der Waals surface area contributed by atoms with E-state index >= 15 is 0 Å². The Morgan fingerprint density at radius 1 is 1.06 bits per heavy atom. The van der Waals surface area contributed by atoms with E-state index in [1.165, 1.54) is 23.5 Å². The van der Waals surface area contributed by atoms with Gasteiger partial charge < -0.3 is 5.32 Å². The fraction of sp³-hybridized carbons (Fsp3) is 0.125. The molecule has 8 nitrogen and oxygen atoms in total. The summed E-state index contributed by atoms with van der Waals surface area (Å²) in [5.74, 6) is -1.52. The van der Waals surface area contributed by atoms with Crippen LogP contribution in [0.25, 0.3) is 22.2 Å². The maximum atomic E-state index is 14.9. The van der Waals surface area contributed by atoms with E-state index in [4.69, 9.17) is 11.6 Å². The van der Waals surface area contributed by atoms with Crippen LogP contribution in [0.1, 0.15) is 10.4 Å². The fourth-order valence-electron chi connectivity index (χ4n) is 3.94. The van der Waals surface area contributed by atoms with Crippen LogP contribution < -0.4 is 9.62 Å². The van der Waals surface area contributed by atoms with E-state index in [9.17, 15) is 17.6 Å². The van der Waals surface area contributed by atoms with Gasteiger partial charge in [-0.1, -0.05) is 11.6 Å². The number of amides is 1. The minimum absolute atomic E-state index is 0.160. The van der Waals surface area contributed by atoms with Gasteiger partial charge in [-0.15, -0.1) is 0 Å². The van der Waals surface area contributed by atoms with Crippen molar-refractivity contribution in [2.24, 2.45) is 0 Å². The third-order valence-corrected chi connectivity index (χ3v) is 8.03. The van der Waals surface area contributed by atoms with Crippen molar-refractivity contribution in [1.82, 2.24) is 14.3 Å². The second-order valence-electron chi connectivity index (χ2n) is 7.94. The molecule has 1 aliphatic heterocycles. The average molecular weight is 512 g/mol. The zero-order valence-electron chi connectivity index (χ0n) is 18.4. The van der Waals surface area contributed by atoms with Crippen molar-refractivity contribution in [3.8, 4) is 11.3 Å². The van der Waals surface area contributed by atoms with E-state index in [1.807, 2.05) is 6.07 Å². The van der Waals surface area contributed by atoms with Crippen molar-refractivity contribution in [3.63, 3.8) is 0 Å². The maximum absolute atomic E-state index is 14.9. The predicted molar refractivity (Wildman–Crippen MR) is 133 cm³/mol. The van der Waals surface area contributed by atoms with Gasteiger partial charge in [-0.3, -0.25) is 19.1 Å². The number of hydrogen-bond acceptors (Lipinski definition) is 5. The fourth-order valence-corrected chi connectivity index (χ4v) is 5.48. The number of halogens is 2. The van der Waals surface area contributed by atoms with Crippen molar-refractivity contribution < 1.29 is 17.6 Å². The summed E-state index contributed by atoms with van der Waals surface area (Å²) in [4.78, 5) is 21.6. The molecule has 5 rings (SSSR count). The van der Waals surface area contributed by atoms with Crippen molar-refractivity contribution in [2.45, 2.75) is 0 Å². The number of rotatable bonds is 4. The van der Waals surface area contributed by atoms with Crippen LogP contribution in [-0.4, -0.2) is 48.7 Å². The summed E-state index contributed by atoms with van der Waals surface area (Å²) in [6.45, 7) is 0.502. The number of pyridine rings is 2. The molecular weight excluding hydrogens is 493 g/mol. The Hall–Kier alpha value is -3.60. The smallest absolute Gasteiger partial charge is 0.303 e. The highest BCUT2D eigenvalue weighted by Gasteiger charge is 2.34. The third-order valence-electron chi connectivity index (χ3n) is 5.78. The molecule has 1 amide bonds. The Morgan fingerprint density at radius 2 is 1.89 bits per heavy atom. The monoisotopic (exact) mass is 511 g/mol. The number of nitrogens with one attached hydrogen (secondary N) is 1. The number of aromatic nitrogens is 2. The summed E-state index contributed by atoms with van der Waals surface area (Å²) in [6, 6.07) is 14.1. The van der Waals surface area contributed by atoms with E-state index in [-0.39, 0.29) is 17.8 Å². The van der Waals surface area contributed by atoms with Gasteiger partial charge in [0, 0.05) is 49.2 Å². The molecule has 0 aliphatic carbocycles. The number of anilines is 2. The molecule has 0 saturated carbocycles. The summed E-state index contributed by atoms with van der Waals surface area (Å²) < 4.78 is 41.9. The molecule has 1 fully saturated rings. The predicted octanol–water partition coefficient (Wildman–Crippen LogP) is 4.34. The highest BCUT2D eigenvalue weighted by Crippen LogP contribution is 2.33. The van der Waals surface area contributed by atoms with Crippen molar-refractivity contribution >= 4 is 50.0 Å². The van der Waals surface area contributed by atoms with Gasteiger partial charge in [-0.2, -0.15) is 12.7 Å². The van der Waals surface area contributed by atoms with Crippen LogP contribution in [0, 0.1) is 5.82 Å². The van der Waals surface area contributed by atoms with E-state index in [1.54, 1.807) is 42.7 Å². The molecule has 2 aromatic carbocycles. The van der Waals surface area contributed by atoms with E-state index in [2.05, 4.69) is 15.3 Å². The number of carbonyl (C=O) groups excluding carboxylic acids is 1. The number of hydrogen-bond donors (Lipinski definition) is 1. The molecule has 178 valence electrons. The molecule has 11 heteroatoms. The summed E-state index contributed by atoms with van der Waals surface area (Å²) in [6.07, 6.45) is 3.31. The number of likely N-dealkylation sites (N-methyl/N-ethyl adjacent to an activating group) is 1. The average Bonchev–Trinajstić information content (AvgIpc) is 3.11. The van der Waals surface area contributed by atoms with Crippen LogP contribution in [0.5, 0.6) is 0 Å². The van der Waals surface area contributed by atoms with Gasteiger partial charge in [-0.25, -0.2) is 4.39 Å². The van der Waals surface area contributed by atoms with Crippen LogP contribution in [-0.2, 0) is 10.2 Å². The summed E-state index contributed by atoms with van der Waals surface area (Å²) in [7, 11) is -2.24. The van der Waals surface area contributed by atoms with Crippen LogP contribution in [0.15, 0.2) is 67.0 Å². The molecular formula is C24H19ClFN5O3S. The number of nitrogens with zero attached hydrogens (tertiary/aromatic N) is 4. The first kappa shape index (κ1) is 23.2. The molecule has 2 aromatic heterocycles. The largest absolute Gasteiger partial charge is 0.322 e. The minimum Gasteiger partial charge on any atom is -0.322 e. The van der Waals surface area contributed by atoms with Gasteiger partial charge in [-0.05, 0) is 54.6 Å². The normalized spacial score (nSPS) is 15.5. The lowest BCUT2D eigenvalue weighted by molar-refractivity contribution is 0.102. The molecule has 1 saturated heterocycles. The van der Waals surface area contributed by atoms with E-state index < -0.39 is 21.9 Å². The first-order valence-electron chi connectivity index (χ1n) is 10.6. The first-order valence-corrected chi connectivity index (χ1v) is 12.4. The Bertz CT molecular complexity index is 1580. The lowest BCUT2D eigenvalue weighted by atomic mass is 10.1. The molecule has 35 heavy (non-hydrogen) atoms. The van der Waals surface area contributed by atoms with Gasteiger partial charge in [0.15, 0.2) is 0 Å². The van der Waals surface area contributed by atoms with Gasteiger partial charge in [0.1, 0.15) is 5.82 Å². The second kappa shape index (κ2) is 8.88. The Labute approximate surface area is 206 Å². The maximum Gasteiger partial charge on any atom is 0.303 e. The lowest BCUT2D eigenvalue weighted by Gasteiger charge is -2.18. The highest BCUT2D eigenvalue weighted by atomic mass is 35.5. The lowest BCUT2D eigenvalue weighted by Crippen LogP contribution is -2.30. The molecule has 0 atom stereocenters. The molecule has 0 bridgehead atoms. The number of carbonyl (C=O) groups is 1. The van der Waals surface area contributed by atoms with Gasteiger partial charge in [0.05, 0.1) is 27.5 Å². The van der Waals surface area contributed by atoms with Crippen molar-refractivity contribution in [1.29, 1.82) is 0 Å². The molecule has 0 spiro atoms. The minimum atomic E-state index is -3.69. The zero-order valence-corrected chi connectivity index (χ0v) is 20.0. The van der Waals surface area contributed by atoms with Gasteiger partial charge in [0.2, 0.25) is 0 Å². The van der Waals surface area contributed by atoms with Crippen LogP contribution in [0.2, 0.25) is 5.02 Å². The Balaban J connectivity index is 1.43. The second-order valence-corrected chi connectivity index (χ2v) is 10.3. The molecule has 0 radical (unpaired) electrons. The van der Waals surface area contributed by atoms with Crippen molar-refractivity contribution in [3.05, 3.63) is 83.4 Å². The topological polar surface area (TPSA) is 95.5 Å². The van der Waals surface area contributed by atoms with E-state index in [0.29, 0.717) is 28.5 Å². The number of fused-ring (bicyclic) bond motifs is 1. The van der Waals surface area contributed by atoms with Gasteiger partial charge >= 0.3 is 10.2 Å². The summed E-state index contributed by atoms with van der Waals surface area (Å²) >= 11 is 6.43. The van der Waals surface area contributed by atoms with Crippen molar-refractivity contribution in [2.75, 3.05) is 29.8 Å². The van der Waals surface area contributed by atoms with Crippen LogP contribution in [0.4, 0.5) is 15.8 Å². The van der Waals surface area contributed by atoms with E-state index in [0.717, 1.165) is 21.3 Å². The molecule has 1 N–H and O–H groups in total. The third kappa shape index (κ3) is 4.20. The zero-order chi connectivity index (χ0) is 24.7. The summed E-state index contributed by atoms with van der Waals surface area (Å²) in [5.41, 5.74) is 2.27. The highest BCUT2D eigenvalue weighted by molar-refractivity contribution is 7.90. The number of benzene rings is 2. The molecule has 1 aliphatic rings. The SMILES string of the molecule is CN1CCN(c2ccc(C(=O)Nc3ccc(Cl)c(-c4nccc5ncccc45)c3)c(F)c2)S1(=O)=O. The molecule has 4 aromatic rings. The first-order chi connectivity index (χ1) is 16.8. The van der Waals surface area contributed by atoms with Crippen LogP contribution in [0.3, 0.4) is 0 Å². The summed E-state index contributed by atoms with van der Waals surface area (Å²) in [5, 5.41) is 3.90. The molecule has 0 unspecified atom stereocenters. The van der Waals surface area contributed by atoms with Crippen LogP contribution >= 0.6 is 11.6 Å². The Morgan fingerprint density at radius 3 is 2.63 bits per heavy atom.